The topological polar surface area (TPSA) is 12.0 Å². The standard InChI is InChI=1S/C11H19N/c1-4-10-8-9(3)6-7-12-11(10)5-2/h6-8,10-12H,4-5H2,1-3H3. The van der Waals surface area contributed by atoms with E-state index < -0.39 is 0 Å². The average molecular weight is 165 g/mol. The van der Waals surface area contributed by atoms with Crippen LogP contribution in [0.15, 0.2) is 23.9 Å². The Morgan fingerprint density at radius 3 is 2.67 bits per heavy atom. The molecule has 0 aromatic carbocycles. The van der Waals surface area contributed by atoms with Crippen molar-refractivity contribution in [2.45, 2.75) is 39.7 Å². The van der Waals surface area contributed by atoms with Crippen molar-refractivity contribution in [2.24, 2.45) is 5.92 Å². The van der Waals surface area contributed by atoms with E-state index in [1.165, 1.54) is 18.4 Å². The number of allylic oxidation sites excluding steroid dienone is 2. The van der Waals surface area contributed by atoms with Crippen molar-refractivity contribution in [3.63, 3.8) is 0 Å². The van der Waals surface area contributed by atoms with Crippen LogP contribution in [0.4, 0.5) is 0 Å². The molecule has 1 aliphatic heterocycles. The number of rotatable bonds is 2. The maximum absolute atomic E-state index is 3.43. The lowest BCUT2D eigenvalue weighted by molar-refractivity contribution is 0.429. The molecule has 1 rings (SSSR count). The molecule has 1 N–H and O–H groups in total. The summed E-state index contributed by atoms with van der Waals surface area (Å²) >= 11 is 0. The molecule has 0 fully saturated rings. The second-order valence-electron chi connectivity index (χ2n) is 3.50. The van der Waals surface area contributed by atoms with Crippen LogP contribution in [0.1, 0.15) is 33.6 Å². The molecule has 2 atom stereocenters. The molecule has 0 spiro atoms. The summed E-state index contributed by atoms with van der Waals surface area (Å²) in [5.41, 5.74) is 1.38. The SMILES string of the molecule is CCC1C=C(C)C=CNC1CC. The van der Waals surface area contributed by atoms with Crippen molar-refractivity contribution in [2.75, 3.05) is 0 Å². The van der Waals surface area contributed by atoms with Crippen molar-refractivity contribution in [3.05, 3.63) is 23.9 Å². The normalized spacial score (nSPS) is 29.1. The molecule has 0 aromatic rings. The van der Waals surface area contributed by atoms with Gasteiger partial charge in [0.05, 0.1) is 0 Å². The Bertz CT molecular complexity index is 191. The molecule has 0 amide bonds. The van der Waals surface area contributed by atoms with E-state index in [4.69, 9.17) is 0 Å². The molecule has 0 bridgehead atoms. The van der Waals surface area contributed by atoms with Crippen molar-refractivity contribution in [1.82, 2.24) is 5.32 Å². The van der Waals surface area contributed by atoms with E-state index in [9.17, 15) is 0 Å². The first-order chi connectivity index (χ1) is 5.77. The smallest absolute Gasteiger partial charge is 0.0315 e. The van der Waals surface area contributed by atoms with Crippen LogP contribution in [0.25, 0.3) is 0 Å². The highest BCUT2D eigenvalue weighted by Gasteiger charge is 2.15. The van der Waals surface area contributed by atoms with Gasteiger partial charge >= 0.3 is 0 Å². The summed E-state index contributed by atoms with van der Waals surface area (Å²) in [6.07, 6.45) is 9.04. The highest BCUT2D eigenvalue weighted by molar-refractivity contribution is 5.20. The largest absolute Gasteiger partial charge is 0.388 e. The van der Waals surface area contributed by atoms with Gasteiger partial charge in [-0.15, -0.1) is 0 Å². The van der Waals surface area contributed by atoms with Crippen LogP contribution in [-0.4, -0.2) is 6.04 Å². The van der Waals surface area contributed by atoms with Gasteiger partial charge in [0.2, 0.25) is 0 Å². The third kappa shape index (κ3) is 2.13. The van der Waals surface area contributed by atoms with Gasteiger partial charge < -0.3 is 5.32 Å². The zero-order valence-electron chi connectivity index (χ0n) is 8.30. The number of hydrogen-bond acceptors (Lipinski definition) is 1. The minimum Gasteiger partial charge on any atom is -0.388 e. The predicted octanol–water partition coefficient (Wildman–Crippen LogP) is 2.85. The van der Waals surface area contributed by atoms with Gasteiger partial charge in [0, 0.05) is 6.04 Å². The summed E-state index contributed by atoms with van der Waals surface area (Å²) in [4.78, 5) is 0. The molecule has 0 saturated heterocycles. The summed E-state index contributed by atoms with van der Waals surface area (Å²) in [5, 5.41) is 3.43. The van der Waals surface area contributed by atoms with E-state index in [1.54, 1.807) is 0 Å². The molecule has 0 radical (unpaired) electrons. The quantitative estimate of drug-likeness (QED) is 0.663. The first-order valence-corrected chi connectivity index (χ1v) is 4.89. The molecule has 0 saturated carbocycles. The third-order valence-electron chi connectivity index (χ3n) is 2.56. The average Bonchev–Trinajstić information content (AvgIpc) is 2.26. The fourth-order valence-electron chi connectivity index (χ4n) is 1.76. The van der Waals surface area contributed by atoms with Gasteiger partial charge in [0.1, 0.15) is 0 Å². The Balaban J connectivity index is 2.72. The van der Waals surface area contributed by atoms with Gasteiger partial charge in [0.15, 0.2) is 0 Å². The summed E-state index contributed by atoms with van der Waals surface area (Å²) in [5.74, 6) is 0.699. The fraction of sp³-hybridized carbons (Fsp3) is 0.636. The van der Waals surface area contributed by atoms with Crippen LogP contribution in [0.2, 0.25) is 0 Å². The van der Waals surface area contributed by atoms with Crippen LogP contribution in [0, 0.1) is 5.92 Å². The molecule has 1 heterocycles. The first-order valence-electron chi connectivity index (χ1n) is 4.89. The maximum atomic E-state index is 3.43. The molecule has 1 nitrogen and oxygen atoms in total. The van der Waals surface area contributed by atoms with Crippen molar-refractivity contribution in [1.29, 1.82) is 0 Å². The highest BCUT2D eigenvalue weighted by atomic mass is 14.9. The second-order valence-corrected chi connectivity index (χ2v) is 3.50. The Morgan fingerprint density at radius 2 is 2.08 bits per heavy atom. The molecule has 0 aliphatic carbocycles. The van der Waals surface area contributed by atoms with Gasteiger partial charge in [-0.05, 0) is 38.0 Å². The fourth-order valence-corrected chi connectivity index (χ4v) is 1.76. The maximum Gasteiger partial charge on any atom is 0.0315 e. The minimum atomic E-state index is 0.628. The molecular formula is C11H19N. The van der Waals surface area contributed by atoms with Gasteiger partial charge in [-0.25, -0.2) is 0 Å². The highest BCUT2D eigenvalue weighted by Crippen LogP contribution is 2.18. The summed E-state index contributed by atoms with van der Waals surface area (Å²) in [6, 6.07) is 0.628. The molecule has 68 valence electrons. The molecule has 2 unspecified atom stereocenters. The zero-order valence-corrected chi connectivity index (χ0v) is 8.30. The van der Waals surface area contributed by atoms with E-state index in [0.717, 1.165) is 0 Å². The summed E-state index contributed by atoms with van der Waals surface area (Å²) in [7, 11) is 0. The van der Waals surface area contributed by atoms with Crippen molar-refractivity contribution >= 4 is 0 Å². The van der Waals surface area contributed by atoms with E-state index in [2.05, 4.69) is 44.4 Å². The van der Waals surface area contributed by atoms with E-state index in [-0.39, 0.29) is 0 Å². The third-order valence-corrected chi connectivity index (χ3v) is 2.56. The van der Waals surface area contributed by atoms with Crippen LogP contribution < -0.4 is 5.32 Å². The number of hydrogen-bond donors (Lipinski definition) is 1. The molecule has 0 aromatic heterocycles. The van der Waals surface area contributed by atoms with E-state index in [0.29, 0.717) is 12.0 Å². The predicted molar refractivity (Wildman–Crippen MR) is 53.9 cm³/mol. The van der Waals surface area contributed by atoms with Crippen LogP contribution in [-0.2, 0) is 0 Å². The Kier molecular flexibility index (Phi) is 3.39. The van der Waals surface area contributed by atoms with Crippen molar-refractivity contribution in [3.8, 4) is 0 Å². The van der Waals surface area contributed by atoms with Gasteiger partial charge in [-0.3, -0.25) is 0 Å². The molecule has 1 aliphatic rings. The van der Waals surface area contributed by atoms with Gasteiger partial charge in [-0.1, -0.05) is 25.5 Å². The zero-order chi connectivity index (χ0) is 8.97. The Labute approximate surface area is 75.6 Å². The summed E-state index contributed by atoms with van der Waals surface area (Å²) < 4.78 is 0. The first kappa shape index (κ1) is 9.37. The van der Waals surface area contributed by atoms with E-state index in [1.807, 2.05) is 0 Å². The molecule has 1 heteroatoms. The van der Waals surface area contributed by atoms with Crippen LogP contribution >= 0.6 is 0 Å². The lowest BCUT2D eigenvalue weighted by atomic mass is 9.94. The minimum absolute atomic E-state index is 0.628. The lowest BCUT2D eigenvalue weighted by Gasteiger charge is -2.21. The lowest BCUT2D eigenvalue weighted by Crippen LogP contribution is -2.30. The van der Waals surface area contributed by atoms with Gasteiger partial charge in [0.25, 0.3) is 0 Å². The number of nitrogens with one attached hydrogen (secondary N) is 1. The summed E-state index contributed by atoms with van der Waals surface area (Å²) in [6.45, 7) is 6.66. The Morgan fingerprint density at radius 1 is 1.33 bits per heavy atom. The van der Waals surface area contributed by atoms with Crippen LogP contribution in [0.5, 0.6) is 0 Å². The van der Waals surface area contributed by atoms with Crippen molar-refractivity contribution < 1.29 is 0 Å². The van der Waals surface area contributed by atoms with E-state index >= 15 is 0 Å². The second kappa shape index (κ2) is 4.34. The Hall–Kier alpha value is -0.720. The molecular weight excluding hydrogens is 146 g/mol. The van der Waals surface area contributed by atoms with Gasteiger partial charge in [-0.2, -0.15) is 0 Å². The molecule has 12 heavy (non-hydrogen) atoms. The monoisotopic (exact) mass is 165 g/mol. The van der Waals surface area contributed by atoms with Crippen LogP contribution in [0.3, 0.4) is 0 Å².